The van der Waals surface area contributed by atoms with Gasteiger partial charge in [-0.05, 0) is 6.07 Å². The molecule has 0 unspecified atom stereocenters. The fourth-order valence-corrected chi connectivity index (χ4v) is 1.70. The molecule has 1 heterocycles. The molecule has 2 rings (SSSR count). The molecule has 0 atom stereocenters. The summed E-state index contributed by atoms with van der Waals surface area (Å²) in [5, 5.41) is 21.8. The minimum Gasteiger partial charge on any atom is -0.365 e. The van der Waals surface area contributed by atoms with E-state index in [1.54, 1.807) is 4.90 Å². The Balaban J connectivity index is 2.75. The Hall–Kier alpha value is -2.71. The first-order valence-electron chi connectivity index (χ1n) is 4.94. The second-order valence-electron chi connectivity index (χ2n) is 3.69. The van der Waals surface area contributed by atoms with Crippen LogP contribution in [0.15, 0.2) is 12.1 Å². The molecule has 1 fully saturated rings. The van der Waals surface area contributed by atoms with E-state index in [2.05, 4.69) is 0 Å². The Morgan fingerprint density at radius 1 is 1.22 bits per heavy atom. The van der Waals surface area contributed by atoms with Gasteiger partial charge >= 0.3 is 5.69 Å². The smallest absolute Gasteiger partial charge is 0.312 e. The topological polar surface area (TPSA) is 132 Å². The third kappa shape index (κ3) is 1.81. The standard InChI is InChI=1S/C9H8N4O5/c10-9(14)7-5(12(15)16)1-2-6(11-3-4-11)8(7)13(17)18/h1-2H,3-4H2,(H2,10,14). The molecule has 0 spiro atoms. The Morgan fingerprint density at radius 3 is 2.22 bits per heavy atom. The van der Waals surface area contributed by atoms with E-state index in [4.69, 9.17) is 5.73 Å². The van der Waals surface area contributed by atoms with Crippen LogP contribution in [-0.4, -0.2) is 28.8 Å². The summed E-state index contributed by atoms with van der Waals surface area (Å²) in [5.41, 5.74) is 3.28. The van der Waals surface area contributed by atoms with Crippen LogP contribution in [0.4, 0.5) is 17.1 Å². The molecule has 1 aliphatic rings. The minimum absolute atomic E-state index is 0.180. The van der Waals surface area contributed by atoms with Gasteiger partial charge in [0.1, 0.15) is 5.69 Å². The summed E-state index contributed by atoms with van der Waals surface area (Å²) in [6.07, 6.45) is 0. The van der Waals surface area contributed by atoms with Crippen molar-refractivity contribution in [1.82, 2.24) is 0 Å². The van der Waals surface area contributed by atoms with Crippen molar-refractivity contribution in [3.05, 3.63) is 37.9 Å². The Morgan fingerprint density at radius 2 is 1.83 bits per heavy atom. The molecule has 0 bridgehead atoms. The maximum atomic E-state index is 11.2. The Bertz CT molecular complexity index is 566. The van der Waals surface area contributed by atoms with Crippen LogP contribution in [0, 0.1) is 20.2 Å². The first-order valence-corrected chi connectivity index (χ1v) is 4.94. The maximum absolute atomic E-state index is 11.2. The number of hydrogen-bond donors (Lipinski definition) is 1. The van der Waals surface area contributed by atoms with E-state index in [9.17, 15) is 25.0 Å². The molecule has 0 aliphatic carbocycles. The number of benzene rings is 1. The predicted octanol–water partition coefficient (Wildman–Crippen LogP) is 0.422. The van der Waals surface area contributed by atoms with Crippen molar-refractivity contribution in [2.45, 2.75) is 0 Å². The van der Waals surface area contributed by atoms with Gasteiger partial charge in [-0.15, -0.1) is 0 Å². The van der Waals surface area contributed by atoms with Crippen molar-refractivity contribution in [2.24, 2.45) is 5.73 Å². The summed E-state index contributed by atoms with van der Waals surface area (Å²) in [4.78, 5) is 32.9. The van der Waals surface area contributed by atoms with Crippen LogP contribution in [0.5, 0.6) is 0 Å². The van der Waals surface area contributed by atoms with Crippen LogP contribution in [0.25, 0.3) is 0 Å². The van der Waals surface area contributed by atoms with Gasteiger partial charge in [-0.25, -0.2) is 0 Å². The SMILES string of the molecule is NC(=O)c1c([N+](=O)[O-])ccc(N2CC2)c1[N+](=O)[O-]. The molecule has 9 heteroatoms. The van der Waals surface area contributed by atoms with Crippen LogP contribution in [0.3, 0.4) is 0 Å². The summed E-state index contributed by atoms with van der Waals surface area (Å²) in [6.45, 7) is 1.22. The van der Waals surface area contributed by atoms with E-state index in [-0.39, 0.29) is 5.69 Å². The number of nitrogens with two attached hydrogens (primary N) is 1. The van der Waals surface area contributed by atoms with Crippen molar-refractivity contribution >= 4 is 23.0 Å². The van der Waals surface area contributed by atoms with Gasteiger partial charge in [-0.3, -0.25) is 25.0 Å². The van der Waals surface area contributed by atoms with E-state index in [0.717, 1.165) is 6.07 Å². The van der Waals surface area contributed by atoms with E-state index < -0.39 is 32.7 Å². The molecule has 94 valence electrons. The summed E-state index contributed by atoms with van der Waals surface area (Å²) in [6, 6.07) is 2.32. The molecule has 0 aromatic heterocycles. The number of nitro groups is 2. The van der Waals surface area contributed by atoms with Gasteiger partial charge in [0.15, 0.2) is 5.56 Å². The monoisotopic (exact) mass is 252 g/mol. The molecule has 1 aromatic rings. The van der Waals surface area contributed by atoms with Crippen LogP contribution < -0.4 is 10.6 Å². The van der Waals surface area contributed by atoms with Crippen molar-refractivity contribution in [1.29, 1.82) is 0 Å². The zero-order chi connectivity index (χ0) is 13.4. The first kappa shape index (κ1) is 11.8. The molecule has 1 aliphatic heterocycles. The van der Waals surface area contributed by atoms with Crippen LogP contribution in [0.2, 0.25) is 0 Å². The second kappa shape index (κ2) is 3.95. The quantitative estimate of drug-likeness (QED) is 0.469. The van der Waals surface area contributed by atoms with E-state index in [1.807, 2.05) is 0 Å². The lowest BCUT2D eigenvalue weighted by atomic mass is 10.1. The predicted molar refractivity (Wildman–Crippen MR) is 60.5 cm³/mol. The number of nitro benzene ring substituents is 2. The highest BCUT2D eigenvalue weighted by molar-refractivity contribution is 6.03. The number of hydrogen-bond acceptors (Lipinski definition) is 6. The van der Waals surface area contributed by atoms with Gasteiger partial charge in [0.05, 0.1) is 9.85 Å². The van der Waals surface area contributed by atoms with E-state index in [1.165, 1.54) is 6.07 Å². The zero-order valence-corrected chi connectivity index (χ0v) is 9.03. The highest BCUT2D eigenvalue weighted by Crippen LogP contribution is 2.39. The third-order valence-corrected chi connectivity index (χ3v) is 2.55. The lowest BCUT2D eigenvalue weighted by Crippen LogP contribution is -2.17. The molecular formula is C9H8N4O5. The van der Waals surface area contributed by atoms with Crippen LogP contribution in [-0.2, 0) is 0 Å². The summed E-state index contributed by atoms with van der Waals surface area (Å²) < 4.78 is 0. The molecule has 1 saturated heterocycles. The van der Waals surface area contributed by atoms with E-state index >= 15 is 0 Å². The van der Waals surface area contributed by atoms with Crippen molar-refractivity contribution in [2.75, 3.05) is 18.0 Å². The normalized spacial score (nSPS) is 13.2. The zero-order valence-electron chi connectivity index (χ0n) is 9.03. The van der Waals surface area contributed by atoms with Gasteiger partial charge in [-0.2, -0.15) is 0 Å². The fraction of sp³-hybridized carbons (Fsp3) is 0.222. The van der Waals surface area contributed by atoms with Gasteiger partial charge in [0.25, 0.3) is 11.6 Å². The van der Waals surface area contributed by atoms with Gasteiger partial charge in [0, 0.05) is 19.2 Å². The number of nitrogens with zero attached hydrogens (tertiary/aromatic N) is 3. The van der Waals surface area contributed by atoms with Gasteiger partial charge in [0.2, 0.25) is 0 Å². The van der Waals surface area contributed by atoms with Crippen molar-refractivity contribution in [3.63, 3.8) is 0 Å². The lowest BCUT2D eigenvalue weighted by Gasteiger charge is -2.07. The second-order valence-corrected chi connectivity index (χ2v) is 3.69. The van der Waals surface area contributed by atoms with Crippen molar-refractivity contribution < 1.29 is 14.6 Å². The molecule has 18 heavy (non-hydrogen) atoms. The summed E-state index contributed by atoms with van der Waals surface area (Å²) in [7, 11) is 0. The highest BCUT2D eigenvalue weighted by atomic mass is 16.6. The minimum atomic E-state index is -1.18. The number of rotatable bonds is 4. The molecular weight excluding hydrogens is 244 g/mol. The number of carbonyl (C=O) groups is 1. The maximum Gasteiger partial charge on any atom is 0.312 e. The molecule has 9 nitrogen and oxygen atoms in total. The van der Waals surface area contributed by atoms with Gasteiger partial charge in [-0.1, -0.05) is 0 Å². The summed E-state index contributed by atoms with van der Waals surface area (Å²) in [5.74, 6) is -1.18. The number of amides is 1. The largest absolute Gasteiger partial charge is 0.365 e. The molecule has 0 radical (unpaired) electrons. The van der Waals surface area contributed by atoms with Gasteiger partial charge < -0.3 is 10.6 Å². The number of primary amides is 1. The highest BCUT2D eigenvalue weighted by Gasteiger charge is 2.36. The van der Waals surface area contributed by atoms with Crippen LogP contribution in [0.1, 0.15) is 10.4 Å². The fourth-order valence-electron chi connectivity index (χ4n) is 1.70. The van der Waals surface area contributed by atoms with Crippen molar-refractivity contribution in [3.8, 4) is 0 Å². The average molecular weight is 252 g/mol. The molecule has 1 amide bonds. The summed E-state index contributed by atoms with van der Waals surface area (Å²) >= 11 is 0. The third-order valence-electron chi connectivity index (χ3n) is 2.55. The number of carbonyl (C=O) groups excluding carboxylic acids is 1. The van der Waals surface area contributed by atoms with E-state index in [0.29, 0.717) is 13.1 Å². The van der Waals surface area contributed by atoms with Crippen LogP contribution >= 0.6 is 0 Å². The number of anilines is 1. The Labute approximate surface area is 100 Å². The average Bonchev–Trinajstić information content (AvgIpc) is 3.10. The lowest BCUT2D eigenvalue weighted by molar-refractivity contribution is -0.394. The molecule has 2 N–H and O–H groups in total. The Kier molecular flexibility index (Phi) is 2.58. The molecule has 0 saturated carbocycles. The molecule has 1 aromatic carbocycles. The first-order chi connectivity index (χ1) is 8.43.